The fraction of sp³-hybridized carbons (Fsp3) is 0.556. The molecule has 11 nitrogen and oxygen atoms in total. The highest BCUT2D eigenvalue weighted by atomic mass is 16.9. The van der Waals surface area contributed by atoms with Gasteiger partial charge in [-0.1, -0.05) is 6.07 Å². The van der Waals surface area contributed by atoms with Crippen molar-refractivity contribution >= 4 is 17.5 Å². The molecule has 0 saturated carbocycles. The largest absolute Gasteiger partial charge is 0.490 e. The van der Waals surface area contributed by atoms with E-state index in [-0.39, 0.29) is 37.9 Å². The van der Waals surface area contributed by atoms with Crippen LogP contribution in [0, 0.1) is 10.1 Å². The van der Waals surface area contributed by atoms with E-state index in [9.17, 15) is 24.8 Å². The average Bonchev–Trinajstić information content (AvgIpc) is 3.06. The molecule has 0 fully saturated rings. The molecule has 29 heavy (non-hydrogen) atoms. The predicted molar refractivity (Wildman–Crippen MR) is 103 cm³/mol. The minimum atomic E-state index is -0.851. The number of ether oxygens (including phenoxy) is 1. The first kappa shape index (κ1) is 22.4. The number of aliphatic hydroxyl groups is 1. The molecule has 4 N–H and O–H groups in total. The van der Waals surface area contributed by atoms with Gasteiger partial charge in [0.25, 0.3) is 5.09 Å². The van der Waals surface area contributed by atoms with Gasteiger partial charge in [-0.25, -0.2) is 0 Å². The Bertz CT molecular complexity index is 713. The highest BCUT2D eigenvalue weighted by Gasteiger charge is 2.21. The van der Waals surface area contributed by atoms with Gasteiger partial charge in [-0.05, 0) is 25.0 Å². The summed E-state index contributed by atoms with van der Waals surface area (Å²) in [5, 5.41) is 27.6. The van der Waals surface area contributed by atoms with Crippen molar-refractivity contribution in [2.45, 2.75) is 31.8 Å². The molecule has 1 aromatic rings. The number of hydrogen-bond acceptors (Lipinski definition) is 8. The van der Waals surface area contributed by atoms with Gasteiger partial charge in [0.1, 0.15) is 18.5 Å². The summed E-state index contributed by atoms with van der Waals surface area (Å²) in [4.78, 5) is 37.2. The van der Waals surface area contributed by atoms with E-state index in [1.807, 2.05) is 0 Å². The van der Waals surface area contributed by atoms with Gasteiger partial charge in [-0.2, -0.15) is 0 Å². The van der Waals surface area contributed by atoms with E-state index in [0.717, 1.165) is 11.3 Å². The van der Waals surface area contributed by atoms with Gasteiger partial charge in [-0.15, -0.1) is 10.1 Å². The van der Waals surface area contributed by atoms with Gasteiger partial charge in [0.05, 0.1) is 13.0 Å². The van der Waals surface area contributed by atoms with Crippen molar-refractivity contribution < 1.29 is 29.4 Å². The van der Waals surface area contributed by atoms with Crippen molar-refractivity contribution in [2.75, 3.05) is 38.2 Å². The van der Waals surface area contributed by atoms with E-state index in [1.165, 1.54) is 0 Å². The van der Waals surface area contributed by atoms with E-state index < -0.39 is 11.2 Å². The lowest BCUT2D eigenvalue weighted by molar-refractivity contribution is -0.757. The third-order valence-corrected chi connectivity index (χ3v) is 4.17. The van der Waals surface area contributed by atoms with Crippen LogP contribution < -0.4 is 20.7 Å². The molecule has 1 aliphatic heterocycles. The number of amides is 2. The summed E-state index contributed by atoms with van der Waals surface area (Å²) in [6.07, 6.45) is 0.743. The molecule has 0 aromatic heterocycles. The number of carbonyl (C=O) groups is 2. The van der Waals surface area contributed by atoms with Crippen LogP contribution in [0.5, 0.6) is 5.75 Å². The van der Waals surface area contributed by atoms with E-state index in [2.05, 4.69) is 20.8 Å². The van der Waals surface area contributed by atoms with Crippen LogP contribution in [0.3, 0.4) is 0 Å². The molecule has 1 atom stereocenters. The molecule has 1 heterocycles. The first-order valence-corrected chi connectivity index (χ1v) is 9.43. The Labute approximate surface area is 167 Å². The number of nitrogens with zero attached hydrogens (tertiary/aromatic N) is 1. The van der Waals surface area contributed by atoms with E-state index in [4.69, 9.17) is 4.74 Å². The standard InChI is InChI=1S/C18H26N4O7/c23-13(12-28-16-5-3-4-15-14(16)10-18(25)21-15)11-19-7-8-20-17(24)6-1-2-9-29-22(26)27/h3-5,13,19,23H,1-2,6-12H2,(H,20,24)(H,21,25). The zero-order chi connectivity index (χ0) is 21.1. The minimum Gasteiger partial charge on any atom is -0.490 e. The van der Waals surface area contributed by atoms with Gasteiger partial charge < -0.3 is 30.6 Å². The summed E-state index contributed by atoms with van der Waals surface area (Å²) in [7, 11) is 0. The maximum Gasteiger partial charge on any atom is 0.294 e. The predicted octanol–water partition coefficient (Wildman–Crippen LogP) is 0.00530. The maximum absolute atomic E-state index is 11.6. The molecule has 160 valence electrons. The number of nitrogens with one attached hydrogen (secondary N) is 3. The molecule has 0 aliphatic carbocycles. The highest BCUT2D eigenvalue weighted by Crippen LogP contribution is 2.31. The third kappa shape index (κ3) is 8.32. The Morgan fingerprint density at radius 2 is 2.17 bits per heavy atom. The van der Waals surface area contributed by atoms with Crippen molar-refractivity contribution in [3.05, 3.63) is 33.9 Å². The molecule has 11 heteroatoms. The number of unbranched alkanes of at least 4 members (excludes halogenated alkanes) is 1. The van der Waals surface area contributed by atoms with Crippen LogP contribution in [-0.2, 0) is 20.8 Å². The molecule has 2 amide bonds. The van der Waals surface area contributed by atoms with Gasteiger partial charge in [0.2, 0.25) is 11.8 Å². The summed E-state index contributed by atoms with van der Waals surface area (Å²) < 4.78 is 5.63. The van der Waals surface area contributed by atoms with Crippen LogP contribution in [0.2, 0.25) is 0 Å². The summed E-state index contributed by atoms with van der Waals surface area (Å²) in [6.45, 7) is 1.24. The lowest BCUT2D eigenvalue weighted by atomic mass is 10.1. The van der Waals surface area contributed by atoms with Gasteiger partial charge in [0.15, 0.2) is 0 Å². The molecule has 1 aliphatic rings. The van der Waals surface area contributed by atoms with Crippen molar-refractivity contribution in [3.63, 3.8) is 0 Å². The number of benzene rings is 1. The number of aliphatic hydroxyl groups excluding tert-OH is 1. The van der Waals surface area contributed by atoms with Gasteiger partial charge >= 0.3 is 0 Å². The van der Waals surface area contributed by atoms with Crippen LogP contribution in [-0.4, -0.2) is 61.0 Å². The number of rotatable bonds is 14. The molecular formula is C18H26N4O7. The number of anilines is 1. The molecule has 1 unspecified atom stereocenters. The smallest absolute Gasteiger partial charge is 0.294 e. The topological polar surface area (TPSA) is 152 Å². The molecule has 0 saturated heterocycles. The Morgan fingerprint density at radius 1 is 1.34 bits per heavy atom. The summed E-state index contributed by atoms with van der Waals surface area (Å²) >= 11 is 0. The Hall–Kier alpha value is -2.92. The molecular weight excluding hydrogens is 384 g/mol. The Morgan fingerprint density at radius 3 is 2.97 bits per heavy atom. The van der Waals surface area contributed by atoms with Crippen molar-refractivity contribution in [1.82, 2.24) is 10.6 Å². The van der Waals surface area contributed by atoms with Crippen LogP contribution in [0.15, 0.2) is 18.2 Å². The van der Waals surface area contributed by atoms with Crippen LogP contribution in [0.25, 0.3) is 0 Å². The van der Waals surface area contributed by atoms with Crippen molar-refractivity contribution in [2.24, 2.45) is 0 Å². The first-order valence-electron chi connectivity index (χ1n) is 9.43. The lowest BCUT2D eigenvalue weighted by Gasteiger charge is -2.15. The first-order chi connectivity index (χ1) is 14.0. The van der Waals surface area contributed by atoms with Crippen LogP contribution in [0.4, 0.5) is 5.69 Å². The van der Waals surface area contributed by atoms with Gasteiger partial charge in [-0.3, -0.25) is 9.59 Å². The quantitative estimate of drug-likeness (QED) is 0.190. The van der Waals surface area contributed by atoms with E-state index >= 15 is 0 Å². The molecule has 0 radical (unpaired) electrons. The number of fused-ring (bicyclic) bond motifs is 1. The second kappa shape index (κ2) is 11.8. The maximum atomic E-state index is 11.6. The SMILES string of the molecule is O=C(CCCCO[N+](=O)[O-])NCCNCC(O)COc1cccc2c1CC(=O)N2. The second-order valence-corrected chi connectivity index (χ2v) is 6.54. The van der Waals surface area contributed by atoms with Gasteiger partial charge in [0, 0.05) is 37.3 Å². The summed E-state index contributed by atoms with van der Waals surface area (Å²) in [6, 6.07) is 5.35. The lowest BCUT2D eigenvalue weighted by Crippen LogP contribution is -2.37. The second-order valence-electron chi connectivity index (χ2n) is 6.54. The normalized spacial score (nSPS) is 13.3. The number of hydrogen-bond donors (Lipinski definition) is 4. The Balaban J connectivity index is 1.51. The van der Waals surface area contributed by atoms with Crippen LogP contribution >= 0.6 is 0 Å². The zero-order valence-corrected chi connectivity index (χ0v) is 16.0. The molecule has 0 spiro atoms. The summed E-state index contributed by atoms with van der Waals surface area (Å²) in [5.74, 6) is 0.360. The molecule has 2 rings (SSSR count). The molecule has 0 bridgehead atoms. The third-order valence-electron chi connectivity index (χ3n) is 4.17. The fourth-order valence-corrected chi connectivity index (χ4v) is 2.77. The zero-order valence-electron chi connectivity index (χ0n) is 16.0. The Kier molecular flexibility index (Phi) is 9.12. The van der Waals surface area contributed by atoms with Crippen molar-refractivity contribution in [1.29, 1.82) is 0 Å². The minimum absolute atomic E-state index is 0.0135. The van der Waals surface area contributed by atoms with E-state index in [0.29, 0.717) is 38.2 Å². The fourth-order valence-electron chi connectivity index (χ4n) is 2.77. The summed E-state index contributed by atoms with van der Waals surface area (Å²) in [5.41, 5.74) is 1.53. The highest BCUT2D eigenvalue weighted by molar-refractivity contribution is 6.00. The average molecular weight is 410 g/mol. The van der Waals surface area contributed by atoms with Crippen molar-refractivity contribution in [3.8, 4) is 5.75 Å². The molecule has 1 aromatic carbocycles. The van der Waals surface area contributed by atoms with E-state index in [1.54, 1.807) is 18.2 Å². The monoisotopic (exact) mass is 410 g/mol. The number of carbonyl (C=O) groups excluding carboxylic acids is 2. The van der Waals surface area contributed by atoms with Crippen LogP contribution in [0.1, 0.15) is 24.8 Å².